The molecule has 1 aromatic carbocycles. The number of hydrogen-bond donors (Lipinski definition) is 0. The van der Waals surface area contributed by atoms with Gasteiger partial charge < -0.3 is 4.90 Å². The average molecular weight is 347 g/mol. The van der Waals surface area contributed by atoms with Crippen molar-refractivity contribution in [3.05, 3.63) is 29.8 Å². The molecule has 0 aliphatic carbocycles. The van der Waals surface area contributed by atoms with Crippen molar-refractivity contribution in [3.63, 3.8) is 0 Å². The standard InChI is InChI=1S/C18H25N3O2S/c1-4-21-17(23)19(2)16(22)18(21)9-11-20(12-10-18)13-14-5-7-15(24-3)8-6-14/h5-8H,4,9-13H2,1-3H3. The summed E-state index contributed by atoms with van der Waals surface area (Å²) < 4.78 is 0. The number of piperidine rings is 1. The van der Waals surface area contributed by atoms with Crippen molar-refractivity contribution in [2.45, 2.75) is 36.7 Å². The third kappa shape index (κ3) is 2.82. The Morgan fingerprint density at radius 2 is 1.75 bits per heavy atom. The molecule has 130 valence electrons. The average Bonchev–Trinajstić information content (AvgIpc) is 2.79. The Labute approximate surface area is 148 Å². The molecular weight excluding hydrogens is 322 g/mol. The normalized spacial score (nSPS) is 21.1. The van der Waals surface area contributed by atoms with E-state index in [-0.39, 0.29) is 11.9 Å². The number of benzene rings is 1. The zero-order valence-corrected chi connectivity index (χ0v) is 15.4. The van der Waals surface area contributed by atoms with Gasteiger partial charge in [0, 0.05) is 38.1 Å². The number of carbonyl (C=O) groups is 2. The van der Waals surface area contributed by atoms with Crippen molar-refractivity contribution in [1.82, 2.24) is 14.7 Å². The van der Waals surface area contributed by atoms with Gasteiger partial charge in [0.2, 0.25) is 0 Å². The molecule has 1 aromatic rings. The van der Waals surface area contributed by atoms with Crippen LogP contribution in [0.5, 0.6) is 0 Å². The van der Waals surface area contributed by atoms with Gasteiger partial charge in [-0.3, -0.25) is 14.6 Å². The highest BCUT2D eigenvalue weighted by Crippen LogP contribution is 2.36. The fraction of sp³-hybridized carbons (Fsp3) is 0.556. The maximum atomic E-state index is 12.6. The van der Waals surface area contributed by atoms with Gasteiger partial charge in [0.25, 0.3) is 5.91 Å². The molecule has 0 aromatic heterocycles. The van der Waals surface area contributed by atoms with Crippen LogP contribution in [0.1, 0.15) is 25.3 Å². The van der Waals surface area contributed by atoms with Gasteiger partial charge in [-0.25, -0.2) is 4.79 Å². The van der Waals surface area contributed by atoms with E-state index in [0.717, 1.165) is 32.5 Å². The molecule has 2 aliphatic heterocycles. The first-order valence-corrected chi connectivity index (χ1v) is 9.69. The zero-order valence-electron chi connectivity index (χ0n) is 14.6. The highest BCUT2D eigenvalue weighted by Gasteiger charge is 2.56. The van der Waals surface area contributed by atoms with Crippen molar-refractivity contribution in [2.75, 3.05) is 32.9 Å². The molecular formula is C18H25N3O2S. The third-order valence-corrected chi connectivity index (χ3v) is 6.05. The Morgan fingerprint density at radius 3 is 2.29 bits per heavy atom. The summed E-state index contributed by atoms with van der Waals surface area (Å²) in [5, 5.41) is 0. The van der Waals surface area contributed by atoms with E-state index in [0.29, 0.717) is 6.54 Å². The highest BCUT2D eigenvalue weighted by atomic mass is 32.2. The summed E-state index contributed by atoms with van der Waals surface area (Å²) >= 11 is 1.75. The topological polar surface area (TPSA) is 43.9 Å². The van der Waals surface area contributed by atoms with Gasteiger partial charge in [-0.2, -0.15) is 0 Å². The first-order valence-electron chi connectivity index (χ1n) is 8.47. The number of imide groups is 1. The number of rotatable bonds is 4. The van der Waals surface area contributed by atoms with Crippen LogP contribution >= 0.6 is 11.8 Å². The van der Waals surface area contributed by atoms with Crippen molar-refractivity contribution in [3.8, 4) is 0 Å². The molecule has 0 N–H and O–H groups in total. The van der Waals surface area contributed by atoms with E-state index in [9.17, 15) is 9.59 Å². The van der Waals surface area contributed by atoms with Gasteiger partial charge in [0.15, 0.2) is 0 Å². The van der Waals surface area contributed by atoms with Crippen LogP contribution in [0.3, 0.4) is 0 Å². The van der Waals surface area contributed by atoms with Crippen molar-refractivity contribution < 1.29 is 9.59 Å². The lowest BCUT2D eigenvalue weighted by Gasteiger charge is -2.41. The lowest BCUT2D eigenvalue weighted by molar-refractivity contribution is -0.134. The number of likely N-dealkylation sites (N-methyl/N-ethyl adjacent to an activating group) is 2. The molecule has 0 unspecified atom stereocenters. The quantitative estimate of drug-likeness (QED) is 0.620. The van der Waals surface area contributed by atoms with E-state index < -0.39 is 5.54 Å². The number of thioether (sulfide) groups is 1. The maximum absolute atomic E-state index is 12.6. The molecule has 1 spiro atoms. The lowest BCUT2D eigenvalue weighted by atomic mass is 9.85. The minimum absolute atomic E-state index is 0.0293. The van der Waals surface area contributed by atoms with Gasteiger partial charge >= 0.3 is 6.03 Å². The summed E-state index contributed by atoms with van der Waals surface area (Å²) in [5.41, 5.74) is 0.682. The summed E-state index contributed by atoms with van der Waals surface area (Å²) in [6.45, 7) is 5.12. The van der Waals surface area contributed by atoms with Crippen LogP contribution < -0.4 is 0 Å². The molecule has 3 rings (SSSR count). The second-order valence-electron chi connectivity index (χ2n) is 6.55. The van der Waals surface area contributed by atoms with Crippen LogP contribution in [-0.2, 0) is 11.3 Å². The van der Waals surface area contributed by atoms with Gasteiger partial charge in [0.05, 0.1) is 0 Å². The second kappa shape index (κ2) is 6.76. The van der Waals surface area contributed by atoms with E-state index in [1.54, 1.807) is 23.7 Å². The van der Waals surface area contributed by atoms with Gasteiger partial charge in [-0.05, 0) is 43.7 Å². The molecule has 2 fully saturated rings. The van der Waals surface area contributed by atoms with Crippen molar-refractivity contribution >= 4 is 23.7 Å². The molecule has 2 heterocycles. The monoisotopic (exact) mass is 347 g/mol. The van der Waals surface area contributed by atoms with Crippen molar-refractivity contribution in [1.29, 1.82) is 0 Å². The molecule has 2 aliphatic rings. The van der Waals surface area contributed by atoms with E-state index in [1.165, 1.54) is 15.4 Å². The number of nitrogens with zero attached hydrogens (tertiary/aromatic N) is 3. The number of urea groups is 1. The summed E-state index contributed by atoms with van der Waals surface area (Å²) in [6.07, 6.45) is 3.52. The van der Waals surface area contributed by atoms with Crippen LogP contribution in [0.2, 0.25) is 0 Å². The zero-order chi connectivity index (χ0) is 17.3. The number of amides is 3. The molecule has 6 heteroatoms. The summed E-state index contributed by atoms with van der Waals surface area (Å²) in [4.78, 5) is 31.6. The minimum atomic E-state index is -0.611. The fourth-order valence-electron chi connectivity index (χ4n) is 3.87. The maximum Gasteiger partial charge on any atom is 0.327 e. The third-order valence-electron chi connectivity index (χ3n) is 5.30. The SMILES string of the molecule is CCN1C(=O)N(C)C(=O)C12CCN(Cc1ccc(SC)cc1)CC2. The molecule has 24 heavy (non-hydrogen) atoms. The molecule has 0 radical (unpaired) electrons. The van der Waals surface area contributed by atoms with Gasteiger partial charge in [-0.1, -0.05) is 12.1 Å². The molecule has 5 nitrogen and oxygen atoms in total. The van der Waals surface area contributed by atoms with Gasteiger partial charge in [-0.15, -0.1) is 11.8 Å². The van der Waals surface area contributed by atoms with Gasteiger partial charge in [0.1, 0.15) is 5.54 Å². The number of carbonyl (C=O) groups excluding carboxylic acids is 2. The van der Waals surface area contributed by atoms with Crippen LogP contribution in [0.4, 0.5) is 4.79 Å². The Hall–Kier alpha value is -1.53. The molecule has 3 amide bonds. The van der Waals surface area contributed by atoms with E-state index >= 15 is 0 Å². The summed E-state index contributed by atoms with van der Waals surface area (Å²) in [5.74, 6) is -0.0293. The van der Waals surface area contributed by atoms with Crippen molar-refractivity contribution in [2.24, 2.45) is 0 Å². The predicted octanol–water partition coefficient (Wildman–Crippen LogP) is 2.66. The smallest absolute Gasteiger partial charge is 0.310 e. The van der Waals surface area contributed by atoms with E-state index in [2.05, 4.69) is 35.4 Å². The number of likely N-dealkylation sites (tertiary alicyclic amines) is 1. The largest absolute Gasteiger partial charge is 0.327 e. The Kier molecular flexibility index (Phi) is 4.88. The highest BCUT2D eigenvalue weighted by molar-refractivity contribution is 7.98. The van der Waals surface area contributed by atoms with Crippen LogP contribution in [0.15, 0.2) is 29.2 Å². The first kappa shape index (κ1) is 17.3. The molecule has 2 saturated heterocycles. The second-order valence-corrected chi connectivity index (χ2v) is 7.43. The Balaban J connectivity index is 1.66. The number of hydrogen-bond acceptors (Lipinski definition) is 4. The molecule has 0 bridgehead atoms. The van der Waals surface area contributed by atoms with Crippen LogP contribution in [-0.4, -0.2) is 65.1 Å². The Morgan fingerprint density at radius 1 is 1.12 bits per heavy atom. The summed E-state index contributed by atoms with van der Waals surface area (Å²) in [7, 11) is 1.60. The molecule has 0 saturated carbocycles. The van der Waals surface area contributed by atoms with Crippen LogP contribution in [0.25, 0.3) is 0 Å². The minimum Gasteiger partial charge on any atom is -0.310 e. The van der Waals surface area contributed by atoms with E-state index in [4.69, 9.17) is 0 Å². The first-order chi connectivity index (χ1) is 11.5. The molecule has 0 atom stereocenters. The fourth-order valence-corrected chi connectivity index (χ4v) is 4.28. The predicted molar refractivity (Wildman–Crippen MR) is 96.0 cm³/mol. The van der Waals surface area contributed by atoms with Crippen LogP contribution in [0, 0.1) is 0 Å². The van der Waals surface area contributed by atoms with E-state index in [1.807, 2.05) is 6.92 Å². The summed E-state index contributed by atoms with van der Waals surface area (Å²) in [6, 6.07) is 8.50. The Bertz CT molecular complexity index is 624. The lowest BCUT2D eigenvalue weighted by Crippen LogP contribution is -2.56.